The van der Waals surface area contributed by atoms with E-state index in [1.54, 1.807) is 5.01 Å². The summed E-state index contributed by atoms with van der Waals surface area (Å²) in [5.74, 6) is -0.0809. The number of carbonyl (C=O) groups excluding carboxylic acids is 1. The first kappa shape index (κ1) is 14.4. The Balaban J connectivity index is 2.03. The summed E-state index contributed by atoms with van der Waals surface area (Å²) in [4.78, 5) is 24.0. The molecule has 0 saturated carbocycles. The van der Waals surface area contributed by atoms with Gasteiger partial charge in [0.1, 0.15) is 5.78 Å². The predicted octanol–water partition coefficient (Wildman–Crippen LogP) is 4.06. The van der Waals surface area contributed by atoms with Crippen molar-refractivity contribution in [3.63, 3.8) is 0 Å². The van der Waals surface area contributed by atoms with Gasteiger partial charge in [0.15, 0.2) is 0 Å². The summed E-state index contributed by atoms with van der Waals surface area (Å²) in [5, 5.41) is 4.83. The third-order valence-electron chi connectivity index (χ3n) is 4.40. The first-order valence-electron chi connectivity index (χ1n) is 7.46. The van der Waals surface area contributed by atoms with E-state index in [0.717, 1.165) is 11.1 Å². The van der Waals surface area contributed by atoms with Crippen molar-refractivity contribution in [3.8, 4) is 0 Å². The van der Waals surface area contributed by atoms with Crippen LogP contribution in [-0.4, -0.2) is 10.8 Å². The maximum absolute atomic E-state index is 12.5. The molecular weight excluding hydrogens is 276 g/mol. The molecule has 1 heterocycles. The minimum absolute atomic E-state index is 0.169. The molecule has 0 unspecified atom stereocenters. The fraction of sp³-hybridized carbons (Fsp3) is 0.278. The lowest BCUT2D eigenvalue weighted by atomic mass is 9.81. The van der Waals surface area contributed by atoms with Gasteiger partial charge in [-0.2, -0.15) is 0 Å². The number of ketones is 1. The summed E-state index contributed by atoms with van der Waals surface area (Å²) in [7, 11) is 0. The summed E-state index contributed by atoms with van der Waals surface area (Å²) in [6.45, 7) is 1.87. The lowest BCUT2D eigenvalue weighted by Crippen LogP contribution is -2.41. The van der Waals surface area contributed by atoms with E-state index >= 15 is 0 Å². The summed E-state index contributed by atoms with van der Waals surface area (Å²) < 4.78 is 0. The molecule has 0 spiro atoms. The van der Waals surface area contributed by atoms with E-state index in [1.165, 1.54) is 0 Å². The fourth-order valence-corrected chi connectivity index (χ4v) is 3.21. The average Bonchev–Trinajstić information content (AvgIpc) is 2.58. The zero-order valence-electron chi connectivity index (χ0n) is 12.4. The second kappa shape index (κ2) is 6.10. The van der Waals surface area contributed by atoms with Crippen LogP contribution in [0, 0.1) is 10.8 Å². The number of piperidine rings is 1. The van der Waals surface area contributed by atoms with Crippen LogP contribution in [0.25, 0.3) is 0 Å². The van der Waals surface area contributed by atoms with Crippen molar-refractivity contribution in [2.45, 2.75) is 25.4 Å². The number of hydrogen-bond donors (Lipinski definition) is 0. The minimum atomic E-state index is -0.315. The average molecular weight is 294 g/mol. The van der Waals surface area contributed by atoms with Gasteiger partial charge in [0.05, 0.1) is 17.4 Å². The van der Waals surface area contributed by atoms with Crippen molar-refractivity contribution in [2.75, 3.05) is 0 Å². The van der Waals surface area contributed by atoms with Crippen LogP contribution in [0.3, 0.4) is 0 Å². The number of nitrogens with zero attached hydrogens (tertiary/aromatic N) is 2. The second-order valence-electron chi connectivity index (χ2n) is 5.70. The molecule has 2 aromatic rings. The van der Waals surface area contributed by atoms with Crippen LogP contribution in [0.15, 0.2) is 65.9 Å². The van der Waals surface area contributed by atoms with E-state index in [1.807, 2.05) is 67.6 Å². The molecule has 0 radical (unpaired) electrons. The van der Waals surface area contributed by atoms with Crippen LogP contribution < -0.4 is 0 Å². The van der Waals surface area contributed by atoms with Gasteiger partial charge in [0.2, 0.25) is 0 Å². The summed E-state index contributed by atoms with van der Waals surface area (Å²) >= 11 is 0. The highest BCUT2D eigenvalue weighted by Gasteiger charge is 2.42. The second-order valence-corrected chi connectivity index (χ2v) is 5.70. The highest BCUT2D eigenvalue weighted by atomic mass is 16.3. The van der Waals surface area contributed by atoms with Crippen LogP contribution in [0.4, 0.5) is 0 Å². The van der Waals surface area contributed by atoms with Gasteiger partial charge in [0, 0.05) is 12.3 Å². The number of carbonyl (C=O) groups is 1. The maximum atomic E-state index is 12.5. The van der Waals surface area contributed by atoms with Gasteiger partial charge in [-0.1, -0.05) is 67.6 Å². The van der Waals surface area contributed by atoms with Crippen molar-refractivity contribution in [3.05, 3.63) is 76.7 Å². The van der Waals surface area contributed by atoms with Crippen molar-refractivity contribution in [1.29, 1.82) is 0 Å². The molecule has 1 saturated heterocycles. The Kier molecular flexibility index (Phi) is 4.00. The van der Waals surface area contributed by atoms with Gasteiger partial charge in [-0.25, -0.2) is 5.01 Å². The molecule has 0 N–H and O–H groups in total. The standard InChI is InChI=1S/C18H18N2O2/c1-13-17(21)12-16(14-8-4-2-5-9-14)20(19-22)18(13)15-10-6-3-7-11-15/h2-11,13,16,18H,12H2,1H3/t13-,16+,18-/m1/s1. The van der Waals surface area contributed by atoms with Crippen LogP contribution >= 0.6 is 0 Å². The molecule has 1 fully saturated rings. The summed E-state index contributed by atoms with van der Waals surface area (Å²) in [5.41, 5.74) is 1.90. The Labute approximate surface area is 129 Å². The quantitative estimate of drug-likeness (QED) is 0.802. The Bertz CT molecular complexity index is 657. The Hall–Kier alpha value is -2.49. The van der Waals surface area contributed by atoms with E-state index in [4.69, 9.17) is 0 Å². The molecular formula is C18H18N2O2. The highest BCUT2D eigenvalue weighted by molar-refractivity contribution is 5.83. The Morgan fingerprint density at radius 2 is 1.50 bits per heavy atom. The van der Waals surface area contributed by atoms with E-state index in [2.05, 4.69) is 5.29 Å². The molecule has 0 bridgehead atoms. The molecule has 1 aliphatic rings. The van der Waals surface area contributed by atoms with Gasteiger partial charge >= 0.3 is 0 Å². The molecule has 0 amide bonds. The lowest BCUT2D eigenvalue weighted by Gasteiger charge is -2.41. The molecule has 22 heavy (non-hydrogen) atoms. The molecule has 4 nitrogen and oxygen atoms in total. The molecule has 0 aliphatic carbocycles. The van der Waals surface area contributed by atoms with Crippen molar-refractivity contribution < 1.29 is 4.79 Å². The highest BCUT2D eigenvalue weighted by Crippen LogP contribution is 2.43. The Morgan fingerprint density at radius 1 is 0.955 bits per heavy atom. The van der Waals surface area contributed by atoms with Crippen LogP contribution in [0.1, 0.15) is 36.6 Å². The zero-order valence-corrected chi connectivity index (χ0v) is 12.4. The third-order valence-corrected chi connectivity index (χ3v) is 4.40. The zero-order chi connectivity index (χ0) is 15.5. The number of Topliss-reactive ketones (excluding diaryl/α,β-unsaturated/α-hetero) is 1. The van der Waals surface area contributed by atoms with E-state index in [9.17, 15) is 9.70 Å². The van der Waals surface area contributed by atoms with E-state index in [0.29, 0.717) is 6.42 Å². The minimum Gasteiger partial charge on any atom is -0.299 e. The SMILES string of the molecule is C[C@@H]1C(=O)C[C@@H](c2ccccc2)N(N=O)[C@H]1c1ccccc1. The van der Waals surface area contributed by atoms with Gasteiger partial charge in [-0.15, -0.1) is 4.91 Å². The summed E-state index contributed by atoms with van der Waals surface area (Å²) in [6, 6.07) is 18.7. The predicted molar refractivity (Wildman–Crippen MR) is 84.8 cm³/mol. The first-order chi connectivity index (χ1) is 10.7. The summed E-state index contributed by atoms with van der Waals surface area (Å²) in [6.07, 6.45) is 0.320. The maximum Gasteiger partial charge on any atom is 0.140 e. The third kappa shape index (κ3) is 2.52. The Morgan fingerprint density at radius 3 is 2.05 bits per heavy atom. The van der Waals surface area contributed by atoms with Crippen LogP contribution in [-0.2, 0) is 4.79 Å². The van der Waals surface area contributed by atoms with Crippen LogP contribution in [0.2, 0.25) is 0 Å². The normalized spacial score (nSPS) is 25.0. The topological polar surface area (TPSA) is 49.7 Å². The van der Waals surface area contributed by atoms with Crippen molar-refractivity contribution >= 4 is 5.78 Å². The molecule has 0 aromatic heterocycles. The van der Waals surface area contributed by atoms with Crippen molar-refractivity contribution in [1.82, 2.24) is 5.01 Å². The van der Waals surface area contributed by atoms with E-state index < -0.39 is 0 Å². The molecule has 2 aromatic carbocycles. The van der Waals surface area contributed by atoms with Crippen LogP contribution in [0.5, 0.6) is 0 Å². The van der Waals surface area contributed by atoms with Gasteiger partial charge in [-0.05, 0) is 11.1 Å². The van der Waals surface area contributed by atoms with Gasteiger partial charge in [0.25, 0.3) is 0 Å². The number of rotatable bonds is 3. The van der Waals surface area contributed by atoms with Gasteiger partial charge < -0.3 is 0 Å². The fourth-order valence-electron chi connectivity index (χ4n) is 3.21. The monoisotopic (exact) mass is 294 g/mol. The number of hydrogen-bond acceptors (Lipinski definition) is 3. The molecule has 3 rings (SSSR count). The van der Waals surface area contributed by atoms with E-state index in [-0.39, 0.29) is 23.8 Å². The smallest absolute Gasteiger partial charge is 0.140 e. The molecule has 112 valence electrons. The first-order valence-corrected chi connectivity index (χ1v) is 7.46. The number of nitroso groups, excluding NO2 is 1. The lowest BCUT2D eigenvalue weighted by molar-refractivity contribution is -0.131. The molecule has 4 heteroatoms. The number of benzene rings is 2. The largest absolute Gasteiger partial charge is 0.299 e. The van der Waals surface area contributed by atoms with Gasteiger partial charge in [-0.3, -0.25) is 4.79 Å². The molecule has 3 atom stereocenters. The molecule has 1 aliphatic heterocycles. The van der Waals surface area contributed by atoms with Crippen molar-refractivity contribution in [2.24, 2.45) is 11.2 Å².